The quantitative estimate of drug-likeness (QED) is 0.515. The van der Waals surface area contributed by atoms with Crippen molar-refractivity contribution in [3.63, 3.8) is 0 Å². The Morgan fingerprint density at radius 2 is 1.56 bits per heavy atom. The molecule has 7 nitrogen and oxygen atoms in total. The van der Waals surface area contributed by atoms with Crippen molar-refractivity contribution in [2.45, 2.75) is 32.9 Å². The van der Waals surface area contributed by atoms with Crippen LogP contribution in [-0.4, -0.2) is 50.1 Å². The molecule has 0 aliphatic heterocycles. The zero-order valence-electron chi connectivity index (χ0n) is 18.6. The molecule has 0 saturated carbocycles. The largest absolute Gasteiger partial charge is 0.496 e. The lowest BCUT2D eigenvalue weighted by Crippen LogP contribution is -2.50. The molecule has 2 amide bonds. The Balaban J connectivity index is 2.30. The topological polar surface area (TPSA) is 77.1 Å². The minimum atomic E-state index is -0.710. The molecule has 0 bridgehead atoms. The summed E-state index contributed by atoms with van der Waals surface area (Å²) in [5.74, 6) is 0.812. The SMILES string of the molecule is CCNC(=O)[C@H](CC)N(Cc1c(Cl)cccc1Cl)C(=O)COc1cc(OC)cc(OC)c1. The van der Waals surface area contributed by atoms with E-state index in [2.05, 4.69) is 5.32 Å². The van der Waals surface area contributed by atoms with Crippen LogP contribution in [0.1, 0.15) is 25.8 Å². The normalized spacial score (nSPS) is 11.4. The number of amides is 2. The highest BCUT2D eigenvalue weighted by Crippen LogP contribution is 2.29. The van der Waals surface area contributed by atoms with Crippen LogP contribution in [0.4, 0.5) is 0 Å². The standard InChI is InChI=1S/C23H28Cl2N2O5/c1-5-21(23(29)26-6-2)27(13-18-19(24)8-7-9-20(18)25)22(28)14-32-17-11-15(30-3)10-16(12-17)31-4/h7-12,21H,5-6,13-14H2,1-4H3,(H,26,29)/t21-/m0/s1. The van der Waals surface area contributed by atoms with Crippen LogP contribution >= 0.6 is 23.2 Å². The Hall–Kier alpha value is -2.64. The molecule has 2 rings (SSSR count). The number of benzene rings is 2. The highest BCUT2D eigenvalue weighted by atomic mass is 35.5. The van der Waals surface area contributed by atoms with Crippen molar-refractivity contribution in [3.05, 3.63) is 52.0 Å². The molecule has 9 heteroatoms. The second kappa shape index (κ2) is 12.4. The van der Waals surface area contributed by atoms with E-state index in [1.807, 2.05) is 13.8 Å². The number of carbonyl (C=O) groups is 2. The van der Waals surface area contributed by atoms with Crippen LogP contribution in [0.25, 0.3) is 0 Å². The molecular weight excluding hydrogens is 455 g/mol. The lowest BCUT2D eigenvalue weighted by molar-refractivity contribution is -0.142. The number of halogens is 2. The zero-order chi connectivity index (χ0) is 23.7. The monoisotopic (exact) mass is 482 g/mol. The van der Waals surface area contributed by atoms with Crippen molar-refractivity contribution in [2.24, 2.45) is 0 Å². The van der Waals surface area contributed by atoms with Gasteiger partial charge in [0, 0.05) is 46.9 Å². The first-order valence-electron chi connectivity index (χ1n) is 10.2. The first-order chi connectivity index (χ1) is 15.3. The molecular formula is C23H28Cl2N2O5. The van der Waals surface area contributed by atoms with Crippen molar-refractivity contribution < 1.29 is 23.8 Å². The van der Waals surface area contributed by atoms with Gasteiger partial charge in [-0.2, -0.15) is 0 Å². The van der Waals surface area contributed by atoms with Gasteiger partial charge < -0.3 is 24.4 Å². The van der Waals surface area contributed by atoms with Gasteiger partial charge in [0.2, 0.25) is 5.91 Å². The summed E-state index contributed by atoms with van der Waals surface area (Å²) < 4.78 is 16.2. The molecule has 0 aliphatic carbocycles. The number of rotatable bonds is 11. The summed E-state index contributed by atoms with van der Waals surface area (Å²) in [6.45, 7) is 3.87. The maximum atomic E-state index is 13.2. The maximum absolute atomic E-state index is 13.2. The Morgan fingerprint density at radius 1 is 1.00 bits per heavy atom. The molecule has 0 fully saturated rings. The van der Waals surface area contributed by atoms with E-state index in [-0.39, 0.29) is 25.0 Å². The van der Waals surface area contributed by atoms with Gasteiger partial charge in [0.15, 0.2) is 6.61 Å². The van der Waals surface area contributed by atoms with Gasteiger partial charge >= 0.3 is 0 Å². The number of nitrogens with zero attached hydrogens (tertiary/aromatic N) is 1. The fourth-order valence-corrected chi connectivity index (χ4v) is 3.67. The van der Waals surface area contributed by atoms with Crippen molar-refractivity contribution in [1.82, 2.24) is 10.2 Å². The van der Waals surface area contributed by atoms with E-state index in [4.69, 9.17) is 37.4 Å². The van der Waals surface area contributed by atoms with Crippen molar-refractivity contribution in [3.8, 4) is 17.2 Å². The summed E-state index contributed by atoms with van der Waals surface area (Å²) in [5, 5.41) is 3.61. The van der Waals surface area contributed by atoms with Crippen molar-refractivity contribution in [2.75, 3.05) is 27.4 Å². The second-order valence-electron chi connectivity index (χ2n) is 6.88. The summed E-state index contributed by atoms with van der Waals surface area (Å²) >= 11 is 12.6. The van der Waals surface area contributed by atoms with Gasteiger partial charge in [-0.3, -0.25) is 9.59 Å². The lowest BCUT2D eigenvalue weighted by atomic mass is 10.1. The number of hydrogen-bond acceptors (Lipinski definition) is 5. The van der Waals surface area contributed by atoms with E-state index in [9.17, 15) is 9.59 Å². The molecule has 0 saturated heterocycles. The molecule has 174 valence electrons. The van der Waals surface area contributed by atoms with E-state index in [0.717, 1.165) is 0 Å². The number of ether oxygens (including phenoxy) is 3. The minimum Gasteiger partial charge on any atom is -0.496 e. The summed E-state index contributed by atoms with van der Waals surface area (Å²) in [6, 6.07) is 9.38. The van der Waals surface area contributed by atoms with Gasteiger partial charge in [-0.15, -0.1) is 0 Å². The summed E-state index contributed by atoms with van der Waals surface area (Å²) in [5.41, 5.74) is 0.565. The van der Waals surface area contributed by atoms with Gasteiger partial charge in [-0.25, -0.2) is 0 Å². The van der Waals surface area contributed by atoms with Crippen LogP contribution in [0.5, 0.6) is 17.2 Å². The predicted molar refractivity (Wildman–Crippen MR) is 125 cm³/mol. The summed E-state index contributed by atoms with van der Waals surface area (Å²) in [6.07, 6.45) is 0.409. The lowest BCUT2D eigenvalue weighted by Gasteiger charge is -2.31. The third-order valence-corrected chi connectivity index (χ3v) is 5.52. The van der Waals surface area contributed by atoms with Crippen LogP contribution in [0.3, 0.4) is 0 Å². The Bertz CT molecular complexity index is 896. The fraction of sp³-hybridized carbons (Fsp3) is 0.391. The maximum Gasteiger partial charge on any atom is 0.261 e. The number of carbonyl (C=O) groups excluding carboxylic acids is 2. The van der Waals surface area contributed by atoms with Crippen LogP contribution in [0.2, 0.25) is 10.0 Å². The molecule has 0 aromatic heterocycles. The predicted octanol–water partition coefficient (Wildman–Crippen LogP) is 4.33. The molecule has 0 spiro atoms. The molecule has 0 radical (unpaired) electrons. The Morgan fingerprint density at radius 3 is 2.06 bits per heavy atom. The highest BCUT2D eigenvalue weighted by Gasteiger charge is 2.29. The van der Waals surface area contributed by atoms with Gasteiger partial charge in [0.05, 0.1) is 14.2 Å². The fourth-order valence-electron chi connectivity index (χ4n) is 3.16. The van der Waals surface area contributed by atoms with Gasteiger partial charge in [0.25, 0.3) is 5.91 Å². The average molecular weight is 483 g/mol. The van der Waals surface area contributed by atoms with Gasteiger partial charge in [-0.1, -0.05) is 36.2 Å². The van der Waals surface area contributed by atoms with Crippen LogP contribution in [-0.2, 0) is 16.1 Å². The van der Waals surface area contributed by atoms with Gasteiger partial charge in [-0.05, 0) is 25.5 Å². The van der Waals surface area contributed by atoms with E-state index in [1.54, 1.807) is 36.4 Å². The first kappa shape index (κ1) is 25.6. The molecule has 0 unspecified atom stereocenters. The van der Waals surface area contributed by atoms with E-state index in [0.29, 0.717) is 45.8 Å². The number of methoxy groups -OCH3 is 2. The van der Waals surface area contributed by atoms with E-state index in [1.165, 1.54) is 19.1 Å². The average Bonchev–Trinajstić information content (AvgIpc) is 2.79. The molecule has 0 aliphatic rings. The minimum absolute atomic E-state index is 0.0672. The van der Waals surface area contributed by atoms with Crippen LogP contribution in [0.15, 0.2) is 36.4 Å². The van der Waals surface area contributed by atoms with Crippen LogP contribution in [0, 0.1) is 0 Å². The Kier molecular flexibility index (Phi) is 9.94. The second-order valence-corrected chi connectivity index (χ2v) is 7.69. The highest BCUT2D eigenvalue weighted by molar-refractivity contribution is 6.36. The van der Waals surface area contributed by atoms with Crippen molar-refractivity contribution in [1.29, 1.82) is 0 Å². The molecule has 2 aromatic carbocycles. The van der Waals surface area contributed by atoms with E-state index >= 15 is 0 Å². The first-order valence-corrected chi connectivity index (χ1v) is 11.0. The molecule has 32 heavy (non-hydrogen) atoms. The summed E-state index contributed by atoms with van der Waals surface area (Å²) in [7, 11) is 3.05. The molecule has 2 aromatic rings. The summed E-state index contributed by atoms with van der Waals surface area (Å²) in [4.78, 5) is 27.4. The number of nitrogens with one attached hydrogen (secondary N) is 1. The number of likely N-dealkylation sites (N-methyl/N-ethyl adjacent to an activating group) is 1. The van der Waals surface area contributed by atoms with Gasteiger partial charge in [0.1, 0.15) is 23.3 Å². The third-order valence-electron chi connectivity index (χ3n) is 4.81. The zero-order valence-corrected chi connectivity index (χ0v) is 20.1. The smallest absolute Gasteiger partial charge is 0.261 e. The molecule has 0 heterocycles. The Labute approximate surface area is 198 Å². The molecule has 1 N–H and O–H groups in total. The third kappa shape index (κ3) is 6.68. The molecule has 1 atom stereocenters. The van der Waals surface area contributed by atoms with Crippen molar-refractivity contribution >= 4 is 35.0 Å². The van der Waals surface area contributed by atoms with E-state index < -0.39 is 6.04 Å². The number of hydrogen-bond donors (Lipinski definition) is 1. The van der Waals surface area contributed by atoms with Crippen LogP contribution < -0.4 is 19.5 Å².